The second-order valence-electron chi connectivity index (χ2n) is 4.97. The van der Waals surface area contributed by atoms with Crippen LogP contribution in [0.4, 0.5) is 0 Å². The Hall–Kier alpha value is -1.80. The molecule has 2 aromatic carbocycles. The smallest absolute Gasteiger partial charge is 0.139 e. The average Bonchev–Trinajstić information content (AvgIpc) is 3.01. The first-order valence-electron chi connectivity index (χ1n) is 6.93. The first-order valence-corrected chi connectivity index (χ1v) is 6.93. The van der Waals surface area contributed by atoms with Gasteiger partial charge in [0.05, 0.1) is 0 Å². The number of nitrogens with one attached hydrogen (secondary N) is 1. The highest BCUT2D eigenvalue weighted by molar-refractivity contribution is 5.25. The van der Waals surface area contributed by atoms with E-state index in [4.69, 9.17) is 4.74 Å². The van der Waals surface area contributed by atoms with E-state index in [0.717, 1.165) is 12.3 Å². The summed E-state index contributed by atoms with van der Waals surface area (Å²) in [5, 5.41) is 3.55. The van der Waals surface area contributed by atoms with Gasteiger partial charge in [0.2, 0.25) is 0 Å². The number of rotatable bonds is 4. The van der Waals surface area contributed by atoms with Crippen molar-refractivity contribution in [1.82, 2.24) is 5.32 Å². The molecule has 2 aromatic rings. The molecule has 0 aromatic heterocycles. The third-order valence-corrected chi connectivity index (χ3v) is 3.60. The second kappa shape index (κ2) is 5.89. The van der Waals surface area contributed by atoms with E-state index in [2.05, 4.69) is 29.6 Å². The third kappa shape index (κ3) is 2.96. The molecular weight excluding hydrogens is 234 g/mol. The summed E-state index contributed by atoms with van der Waals surface area (Å²) < 4.78 is 6.22. The molecule has 0 aliphatic carbocycles. The van der Waals surface area contributed by atoms with Crippen molar-refractivity contribution in [3.05, 3.63) is 66.2 Å². The molecule has 2 heteroatoms. The maximum absolute atomic E-state index is 6.22. The summed E-state index contributed by atoms with van der Waals surface area (Å²) in [6, 6.07) is 21.0. The lowest BCUT2D eigenvalue weighted by Crippen LogP contribution is -2.32. The van der Waals surface area contributed by atoms with Crippen LogP contribution in [0.3, 0.4) is 0 Å². The van der Waals surface area contributed by atoms with Crippen LogP contribution in [0, 0.1) is 0 Å². The number of ether oxygens (including phenoxy) is 1. The lowest BCUT2D eigenvalue weighted by molar-refractivity contribution is 0.164. The predicted octanol–water partition coefficient (Wildman–Crippen LogP) is 3.56. The Kier molecular flexibility index (Phi) is 3.80. The maximum Gasteiger partial charge on any atom is 0.139 e. The number of benzene rings is 2. The fourth-order valence-electron chi connectivity index (χ4n) is 2.64. The number of para-hydroxylation sites is 1. The van der Waals surface area contributed by atoms with E-state index in [9.17, 15) is 0 Å². The molecule has 0 bridgehead atoms. The average molecular weight is 253 g/mol. The number of hydrogen-bond donors (Lipinski definition) is 1. The summed E-state index contributed by atoms with van der Waals surface area (Å²) in [4.78, 5) is 0. The van der Waals surface area contributed by atoms with Crippen LogP contribution < -0.4 is 10.1 Å². The first-order chi connectivity index (χ1) is 9.43. The van der Waals surface area contributed by atoms with Gasteiger partial charge in [-0.1, -0.05) is 48.5 Å². The van der Waals surface area contributed by atoms with Crippen molar-refractivity contribution in [3.63, 3.8) is 0 Å². The predicted molar refractivity (Wildman–Crippen MR) is 77.3 cm³/mol. The Balaban J connectivity index is 1.84. The molecule has 0 amide bonds. The molecule has 98 valence electrons. The van der Waals surface area contributed by atoms with Gasteiger partial charge in [-0.05, 0) is 37.1 Å². The van der Waals surface area contributed by atoms with E-state index in [-0.39, 0.29) is 6.10 Å². The summed E-state index contributed by atoms with van der Waals surface area (Å²) in [6.45, 7) is 1.09. The standard InChI is InChI=1S/C17H19NO/c1-3-8-14(9-4-1)17(16-12-7-13-18-16)19-15-10-5-2-6-11-15/h1-6,8-11,16-18H,7,12-13H2/t16?,17-/m1/s1. The molecule has 1 aliphatic rings. The molecule has 2 atom stereocenters. The zero-order valence-corrected chi connectivity index (χ0v) is 11.0. The minimum Gasteiger partial charge on any atom is -0.484 e. The van der Waals surface area contributed by atoms with Crippen molar-refractivity contribution in [2.24, 2.45) is 0 Å². The van der Waals surface area contributed by atoms with Gasteiger partial charge in [0.1, 0.15) is 11.9 Å². The Morgan fingerprint density at radius 1 is 0.947 bits per heavy atom. The zero-order chi connectivity index (χ0) is 12.9. The molecule has 0 saturated carbocycles. The van der Waals surface area contributed by atoms with Gasteiger partial charge in [-0.3, -0.25) is 0 Å². The molecule has 1 fully saturated rings. The topological polar surface area (TPSA) is 21.3 Å². The van der Waals surface area contributed by atoms with Crippen LogP contribution >= 0.6 is 0 Å². The van der Waals surface area contributed by atoms with Gasteiger partial charge in [0, 0.05) is 6.04 Å². The molecule has 1 N–H and O–H groups in total. The SMILES string of the molecule is c1ccc(O[C@H](c2ccccc2)C2CCCN2)cc1. The van der Waals surface area contributed by atoms with Crippen molar-refractivity contribution in [2.75, 3.05) is 6.54 Å². The largest absolute Gasteiger partial charge is 0.484 e. The summed E-state index contributed by atoms with van der Waals surface area (Å²) in [6.07, 6.45) is 2.49. The van der Waals surface area contributed by atoms with Crippen molar-refractivity contribution in [2.45, 2.75) is 25.0 Å². The maximum atomic E-state index is 6.22. The van der Waals surface area contributed by atoms with Crippen LogP contribution in [-0.2, 0) is 0 Å². The quantitative estimate of drug-likeness (QED) is 0.899. The van der Waals surface area contributed by atoms with Gasteiger partial charge in [-0.15, -0.1) is 0 Å². The molecule has 1 aliphatic heterocycles. The van der Waals surface area contributed by atoms with Gasteiger partial charge in [0.15, 0.2) is 0 Å². The van der Waals surface area contributed by atoms with Gasteiger partial charge in [-0.25, -0.2) is 0 Å². The normalized spacial score (nSPS) is 20.1. The van der Waals surface area contributed by atoms with Crippen LogP contribution in [0.1, 0.15) is 24.5 Å². The molecule has 1 saturated heterocycles. The van der Waals surface area contributed by atoms with Crippen molar-refractivity contribution in [1.29, 1.82) is 0 Å². The fourth-order valence-corrected chi connectivity index (χ4v) is 2.64. The highest BCUT2D eigenvalue weighted by Gasteiger charge is 2.27. The van der Waals surface area contributed by atoms with Gasteiger partial charge < -0.3 is 10.1 Å². The Morgan fingerprint density at radius 2 is 1.63 bits per heavy atom. The lowest BCUT2D eigenvalue weighted by Gasteiger charge is -2.25. The van der Waals surface area contributed by atoms with E-state index in [1.54, 1.807) is 0 Å². The summed E-state index contributed by atoms with van der Waals surface area (Å²) >= 11 is 0. The van der Waals surface area contributed by atoms with E-state index in [0.29, 0.717) is 6.04 Å². The highest BCUT2D eigenvalue weighted by Crippen LogP contribution is 2.28. The summed E-state index contributed by atoms with van der Waals surface area (Å²) in [5.41, 5.74) is 1.24. The Morgan fingerprint density at radius 3 is 2.26 bits per heavy atom. The zero-order valence-electron chi connectivity index (χ0n) is 11.0. The van der Waals surface area contributed by atoms with Gasteiger partial charge in [-0.2, -0.15) is 0 Å². The van der Waals surface area contributed by atoms with E-state index in [1.165, 1.54) is 18.4 Å². The van der Waals surface area contributed by atoms with Crippen LogP contribution in [0.2, 0.25) is 0 Å². The molecule has 0 spiro atoms. The van der Waals surface area contributed by atoms with Crippen LogP contribution in [-0.4, -0.2) is 12.6 Å². The van der Waals surface area contributed by atoms with Crippen molar-refractivity contribution < 1.29 is 4.74 Å². The van der Waals surface area contributed by atoms with E-state index in [1.807, 2.05) is 36.4 Å². The molecule has 0 radical (unpaired) electrons. The van der Waals surface area contributed by atoms with Crippen LogP contribution in [0.25, 0.3) is 0 Å². The Bertz CT molecular complexity index is 491. The second-order valence-corrected chi connectivity index (χ2v) is 4.97. The lowest BCUT2D eigenvalue weighted by atomic mass is 10.0. The summed E-state index contributed by atoms with van der Waals surface area (Å²) in [7, 11) is 0. The summed E-state index contributed by atoms with van der Waals surface area (Å²) in [5.74, 6) is 0.935. The molecular formula is C17H19NO. The van der Waals surface area contributed by atoms with Gasteiger partial charge in [0.25, 0.3) is 0 Å². The fraction of sp³-hybridized carbons (Fsp3) is 0.294. The van der Waals surface area contributed by atoms with Crippen molar-refractivity contribution >= 4 is 0 Å². The van der Waals surface area contributed by atoms with Crippen LogP contribution in [0.5, 0.6) is 5.75 Å². The van der Waals surface area contributed by atoms with Crippen LogP contribution in [0.15, 0.2) is 60.7 Å². The molecule has 3 rings (SSSR count). The first kappa shape index (κ1) is 12.2. The molecule has 19 heavy (non-hydrogen) atoms. The van der Waals surface area contributed by atoms with E-state index >= 15 is 0 Å². The van der Waals surface area contributed by atoms with Gasteiger partial charge >= 0.3 is 0 Å². The monoisotopic (exact) mass is 253 g/mol. The molecule has 1 unspecified atom stereocenters. The minimum atomic E-state index is 0.0890. The molecule has 2 nitrogen and oxygen atoms in total. The Labute approximate surface area is 114 Å². The molecule has 1 heterocycles. The minimum absolute atomic E-state index is 0.0890. The van der Waals surface area contributed by atoms with Crippen molar-refractivity contribution in [3.8, 4) is 5.75 Å². The van der Waals surface area contributed by atoms with E-state index < -0.39 is 0 Å². The third-order valence-electron chi connectivity index (χ3n) is 3.60. The number of hydrogen-bond acceptors (Lipinski definition) is 2. The highest BCUT2D eigenvalue weighted by atomic mass is 16.5.